The maximum absolute atomic E-state index is 6.70. The van der Waals surface area contributed by atoms with Crippen LogP contribution in [0.5, 0.6) is 23.0 Å². The summed E-state index contributed by atoms with van der Waals surface area (Å²) in [5.74, 6) is 3.57. The Kier molecular flexibility index (Phi) is 6.47. The Labute approximate surface area is 334 Å². The van der Waals surface area contributed by atoms with E-state index in [2.05, 4.69) is 188 Å². The van der Waals surface area contributed by atoms with Gasteiger partial charge in [-0.2, -0.15) is 0 Å². The normalized spacial score (nSPS) is 12.4. The summed E-state index contributed by atoms with van der Waals surface area (Å²) >= 11 is 0. The molecule has 0 spiro atoms. The van der Waals surface area contributed by atoms with E-state index in [9.17, 15) is 0 Å². The second-order valence-electron chi connectivity index (χ2n) is 15.5. The lowest BCUT2D eigenvalue weighted by atomic mass is 9.83. The van der Waals surface area contributed by atoms with Crippen molar-refractivity contribution in [3.8, 4) is 78.6 Å². The van der Waals surface area contributed by atoms with Crippen LogP contribution >= 0.6 is 0 Å². The van der Waals surface area contributed by atoms with Gasteiger partial charge in [0.15, 0.2) is 0 Å². The minimum atomic E-state index is 0.879. The first-order chi connectivity index (χ1) is 28.8. The van der Waals surface area contributed by atoms with Gasteiger partial charge in [-0.15, -0.1) is 0 Å². The maximum atomic E-state index is 6.70. The molecular formula is C56H32O2. The fourth-order valence-electron chi connectivity index (χ4n) is 9.93. The highest BCUT2D eigenvalue weighted by Gasteiger charge is 2.24. The Morgan fingerprint density at radius 2 is 0.759 bits per heavy atom. The number of ether oxygens (including phenoxy) is 2. The Balaban J connectivity index is 1.10. The highest BCUT2D eigenvalue weighted by Crippen LogP contribution is 2.52. The topological polar surface area (TPSA) is 18.5 Å². The lowest BCUT2D eigenvalue weighted by Gasteiger charge is -2.23. The molecule has 0 unspecified atom stereocenters. The van der Waals surface area contributed by atoms with Gasteiger partial charge >= 0.3 is 0 Å². The summed E-state index contributed by atoms with van der Waals surface area (Å²) < 4.78 is 13.2. The largest absolute Gasteiger partial charge is 0.456 e. The number of fused-ring (bicyclic) bond motifs is 7. The molecule has 13 rings (SSSR count). The Bertz CT molecular complexity index is 3570. The van der Waals surface area contributed by atoms with E-state index in [0.717, 1.165) is 45.1 Å². The molecule has 0 saturated heterocycles. The molecule has 11 aromatic rings. The molecule has 268 valence electrons. The predicted molar refractivity (Wildman–Crippen MR) is 241 cm³/mol. The van der Waals surface area contributed by atoms with Crippen LogP contribution in [0.4, 0.5) is 0 Å². The molecule has 0 radical (unpaired) electrons. The zero-order valence-corrected chi connectivity index (χ0v) is 31.3. The molecule has 2 heterocycles. The molecule has 2 nitrogen and oxygen atoms in total. The molecule has 2 aliphatic heterocycles. The Morgan fingerprint density at radius 3 is 1.64 bits per heavy atom. The fraction of sp³-hybridized carbons (Fsp3) is 0. The predicted octanol–water partition coefficient (Wildman–Crippen LogP) is 16.0. The molecule has 0 aliphatic carbocycles. The number of para-hydroxylation sites is 1. The smallest absolute Gasteiger partial charge is 0.135 e. The van der Waals surface area contributed by atoms with Gasteiger partial charge in [0.05, 0.1) is 0 Å². The zero-order valence-electron chi connectivity index (χ0n) is 31.3. The van der Waals surface area contributed by atoms with Crippen molar-refractivity contribution in [1.29, 1.82) is 0 Å². The van der Waals surface area contributed by atoms with Crippen molar-refractivity contribution in [2.24, 2.45) is 0 Å². The fourth-order valence-corrected chi connectivity index (χ4v) is 9.93. The summed E-state index contributed by atoms with van der Waals surface area (Å²) in [6, 6.07) is 70.4. The van der Waals surface area contributed by atoms with Gasteiger partial charge in [0.25, 0.3) is 0 Å². The van der Waals surface area contributed by atoms with E-state index >= 15 is 0 Å². The molecule has 11 aromatic carbocycles. The van der Waals surface area contributed by atoms with Crippen molar-refractivity contribution in [3.63, 3.8) is 0 Å². The zero-order chi connectivity index (χ0) is 37.9. The van der Waals surface area contributed by atoms with Crippen LogP contribution in [0.1, 0.15) is 0 Å². The lowest BCUT2D eigenvalue weighted by Crippen LogP contribution is -1.98. The first kappa shape index (κ1) is 31.5. The number of hydrogen-bond donors (Lipinski definition) is 0. The van der Waals surface area contributed by atoms with Crippen molar-refractivity contribution in [1.82, 2.24) is 0 Å². The summed E-state index contributed by atoms with van der Waals surface area (Å²) in [4.78, 5) is 0. The van der Waals surface area contributed by atoms with Crippen molar-refractivity contribution in [2.45, 2.75) is 0 Å². The van der Waals surface area contributed by atoms with Crippen LogP contribution in [0, 0.1) is 0 Å². The van der Waals surface area contributed by atoms with Crippen LogP contribution in [0.15, 0.2) is 194 Å². The average molecular weight is 737 g/mol. The van der Waals surface area contributed by atoms with Gasteiger partial charge in [-0.25, -0.2) is 0 Å². The molecule has 0 N–H and O–H groups in total. The highest BCUT2D eigenvalue weighted by atomic mass is 16.5. The molecule has 0 bridgehead atoms. The molecular weight excluding hydrogens is 705 g/mol. The SMILES string of the molecule is c1ccc2c(c1)Oc1ccc(-c3cccc4c(-c5cccc6ccccc56)c5cccc(-c6ccc7c(c6)Oc6cccc8cccc-7c68)c5cc34)c3cccc-2c13. The van der Waals surface area contributed by atoms with Crippen LogP contribution in [0.25, 0.3) is 109 Å². The third-order valence-corrected chi connectivity index (χ3v) is 12.5. The van der Waals surface area contributed by atoms with E-state index in [-0.39, 0.29) is 0 Å². The van der Waals surface area contributed by atoms with E-state index in [1.165, 1.54) is 87.4 Å². The highest BCUT2D eigenvalue weighted by molar-refractivity contribution is 6.23. The molecule has 58 heavy (non-hydrogen) atoms. The van der Waals surface area contributed by atoms with Gasteiger partial charge in [0.1, 0.15) is 23.0 Å². The van der Waals surface area contributed by atoms with Crippen LogP contribution in [0.2, 0.25) is 0 Å². The van der Waals surface area contributed by atoms with Crippen molar-refractivity contribution in [3.05, 3.63) is 194 Å². The Hall–Kier alpha value is -7.68. The van der Waals surface area contributed by atoms with Crippen LogP contribution in [-0.2, 0) is 0 Å². The molecule has 0 atom stereocenters. The molecule has 0 amide bonds. The number of hydrogen-bond acceptors (Lipinski definition) is 2. The summed E-state index contributed by atoms with van der Waals surface area (Å²) in [6.07, 6.45) is 0. The standard InChI is InChI=1S/C56H32O2/c1-2-15-36-33(11-1)12-5-19-42(36)55-46-23-8-17-37(35-27-28-41-44-20-6-13-34-14-7-26-51(54(34)44)58-53(41)31-35)48(46)32-49-38(18-9-24-47(49)55)39-29-30-52-56-43(39)21-10-22-45(56)40-16-3-4-25-50(40)57-52/h1-32H. The summed E-state index contributed by atoms with van der Waals surface area (Å²) in [7, 11) is 0. The summed E-state index contributed by atoms with van der Waals surface area (Å²) in [5.41, 5.74) is 11.8. The monoisotopic (exact) mass is 736 g/mol. The van der Waals surface area contributed by atoms with Crippen LogP contribution in [0.3, 0.4) is 0 Å². The van der Waals surface area contributed by atoms with Crippen molar-refractivity contribution >= 4 is 53.9 Å². The molecule has 0 aromatic heterocycles. The van der Waals surface area contributed by atoms with Crippen LogP contribution < -0.4 is 9.47 Å². The third kappa shape index (κ3) is 4.43. The summed E-state index contributed by atoms with van der Waals surface area (Å²) in [6.45, 7) is 0. The van der Waals surface area contributed by atoms with Gasteiger partial charge in [-0.05, 0) is 124 Å². The van der Waals surface area contributed by atoms with E-state index < -0.39 is 0 Å². The summed E-state index contributed by atoms with van der Waals surface area (Å²) in [5, 5.41) is 12.0. The number of benzene rings is 11. The van der Waals surface area contributed by atoms with E-state index in [4.69, 9.17) is 9.47 Å². The average Bonchev–Trinajstić information content (AvgIpc) is 3.28. The molecule has 0 saturated carbocycles. The van der Waals surface area contributed by atoms with E-state index in [0.29, 0.717) is 0 Å². The van der Waals surface area contributed by atoms with E-state index in [1.54, 1.807) is 0 Å². The first-order valence-electron chi connectivity index (χ1n) is 19.9. The first-order valence-corrected chi connectivity index (χ1v) is 19.9. The third-order valence-electron chi connectivity index (χ3n) is 12.5. The molecule has 0 fully saturated rings. The quantitative estimate of drug-likeness (QED) is 0.168. The van der Waals surface area contributed by atoms with Gasteiger partial charge in [0.2, 0.25) is 0 Å². The second-order valence-corrected chi connectivity index (χ2v) is 15.5. The van der Waals surface area contributed by atoms with Gasteiger partial charge in [-0.1, -0.05) is 158 Å². The maximum Gasteiger partial charge on any atom is 0.135 e. The Morgan fingerprint density at radius 1 is 0.241 bits per heavy atom. The molecule has 2 aliphatic rings. The van der Waals surface area contributed by atoms with Crippen LogP contribution in [-0.4, -0.2) is 0 Å². The minimum absolute atomic E-state index is 0.879. The van der Waals surface area contributed by atoms with Gasteiger partial charge in [0, 0.05) is 21.9 Å². The second kappa shape index (κ2) is 11.9. The van der Waals surface area contributed by atoms with E-state index in [1.807, 2.05) is 6.07 Å². The van der Waals surface area contributed by atoms with Gasteiger partial charge < -0.3 is 9.47 Å². The van der Waals surface area contributed by atoms with Crippen molar-refractivity contribution in [2.75, 3.05) is 0 Å². The van der Waals surface area contributed by atoms with Crippen molar-refractivity contribution < 1.29 is 9.47 Å². The number of rotatable bonds is 3. The molecule has 2 heteroatoms. The minimum Gasteiger partial charge on any atom is -0.456 e. The lowest BCUT2D eigenvalue weighted by molar-refractivity contribution is 0.487. The van der Waals surface area contributed by atoms with Gasteiger partial charge in [-0.3, -0.25) is 0 Å².